The third-order valence-electron chi connectivity index (χ3n) is 4.65. The molecule has 10 heteroatoms. The molecular formula is C15H21N9S. The highest BCUT2D eigenvalue weighted by Crippen LogP contribution is 2.23. The zero-order chi connectivity index (χ0) is 17.4. The van der Waals surface area contributed by atoms with Crippen LogP contribution in [-0.4, -0.2) is 65.2 Å². The minimum absolute atomic E-state index is 0.728. The number of aromatic nitrogens is 7. The fourth-order valence-electron chi connectivity index (χ4n) is 3.18. The highest BCUT2D eigenvalue weighted by molar-refractivity contribution is 7.71. The molecular weight excluding hydrogens is 338 g/mol. The molecule has 0 aromatic carbocycles. The number of aryl methyl sites for hydroxylation is 2. The van der Waals surface area contributed by atoms with Crippen LogP contribution in [0.1, 0.15) is 6.92 Å². The lowest BCUT2D eigenvalue weighted by Gasteiger charge is -2.35. The van der Waals surface area contributed by atoms with Crippen molar-refractivity contribution in [2.24, 2.45) is 7.05 Å². The molecule has 0 bridgehead atoms. The fraction of sp³-hybridized carbons (Fsp3) is 0.533. The number of hydrogen-bond donors (Lipinski definition) is 0. The molecule has 0 radical (unpaired) electrons. The van der Waals surface area contributed by atoms with Crippen molar-refractivity contribution >= 4 is 29.1 Å². The molecule has 0 unspecified atom stereocenters. The number of anilines is 1. The van der Waals surface area contributed by atoms with E-state index < -0.39 is 0 Å². The topological polar surface area (TPSA) is 72.8 Å². The van der Waals surface area contributed by atoms with Crippen molar-refractivity contribution in [2.45, 2.75) is 20.1 Å². The van der Waals surface area contributed by atoms with E-state index in [0.717, 1.165) is 61.0 Å². The van der Waals surface area contributed by atoms with E-state index in [1.807, 2.05) is 22.5 Å². The molecule has 0 spiro atoms. The van der Waals surface area contributed by atoms with Gasteiger partial charge < -0.3 is 9.47 Å². The van der Waals surface area contributed by atoms with Gasteiger partial charge in [0, 0.05) is 39.8 Å². The summed E-state index contributed by atoms with van der Waals surface area (Å²) in [4.78, 5) is 13.5. The maximum absolute atomic E-state index is 5.45. The Morgan fingerprint density at radius 1 is 1.12 bits per heavy atom. The molecule has 3 aromatic heterocycles. The van der Waals surface area contributed by atoms with Gasteiger partial charge in [0.25, 0.3) is 0 Å². The number of fused-ring (bicyclic) bond motifs is 1. The van der Waals surface area contributed by atoms with E-state index in [9.17, 15) is 0 Å². The summed E-state index contributed by atoms with van der Waals surface area (Å²) >= 11 is 5.45. The van der Waals surface area contributed by atoms with E-state index in [2.05, 4.69) is 36.9 Å². The van der Waals surface area contributed by atoms with Crippen molar-refractivity contribution in [3.05, 3.63) is 23.6 Å². The standard InChI is InChI=1S/C15H21N9S/c1-3-22-10-19-24(15(22)25)11-21-4-6-23(7-5-21)14-12-8-18-20(2)13(12)16-9-17-14/h8-10H,3-7,11H2,1-2H3. The van der Waals surface area contributed by atoms with E-state index in [-0.39, 0.29) is 0 Å². The predicted molar refractivity (Wildman–Crippen MR) is 96.8 cm³/mol. The Morgan fingerprint density at radius 2 is 1.92 bits per heavy atom. The molecule has 0 N–H and O–H groups in total. The van der Waals surface area contributed by atoms with E-state index in [1.165, 1.54) is 0 Å². The van der Waals surface area contributed by atoms with Crippen LogP contribution in [0.2, 0.25) is 0 Å². The molecule has 0 saturated carbocycles. The van der Waals surface area contributed by atoms with Gasteiger partial charge in [-0.25, -0.2) is 14.6 Å². The summed E-state index contributed by atoms with van der Waals surface area (Å²) in [6.45, 7) is 7.33. The summed E-state index contributed by atoms with van der Waals surface area (Å²) in [6.07, 6.45) is 5.26. The Labute approximate surface area is 150 Å². The Hall–Kier alpha value is -2.33. The Balaban J connectivity index is 1.46. The minimum Gasteiger partial charge on any atom is -0.353 e. The number of rotatable bonds is 4. The van der Waals surface area contributed by atoms with Gasteiger partial charge in [-0.05, 0) is 19.1 Å². The maximum atomic E-state index is 5.45. The van der Waals surface area contributed by atoms with Gasteiger partial charge in [-0.3, -0.25) is 9.58 Å². The summed E-state index contributed by atoms with van der Waals surface area (Å²) < 4.78 is 6.42. The largest absolute Gasteiger partial charge is 0.353 e. The van der Waals surface area contributed by atoms with Crippen LogP contribution >= 0.6 is 12.2 Å². The van der Waals surface area contributed by atoms with Crippen LogP contribution in [0.5, 0.6) is 0 Å². The van der Waals surface area contributed by atoms with Crippen molar-refractivity contribution in [1.29, 1.82) is 0 Å². The minimum atomic E-state index is 0.728. The number of hydrogen-bond acceptors (Lipinski definition) is 7. The van der Waals surface area contributed by atoms with Crippen LogP contribution in [0, 0.1) is 4.77 Å². The summed E-state index contributed by atoms with van der Waals surface area (Å²) in [5.41, 5.74) is 0.865. The summed E-state index contributed by atoms with van der Waals surface area (Å²) in [7, 11) is 1.90. The van der Waals surface area contributed by atoms with E-state index in [0.29, 0.717) is 0 Å². The third-order valence-corrected chi connectivity index (χ3v) is 5.10. The smallest absolute Gasteiger partial charge is 0.198 e. The van der Waals surface area contributed by atoms with Gasteiger partial charge in [0.2, 0.25) is 0 Å². The van der Waals surface area contributed by atoms with Crippen LogP contribution in [0.15, 0.2) is 18.9 Å². The predicted octanol–water partition coefficient (Wildman–Crippen LogP) is 0.890. The second kappa shape index (κ2) is 6.52. The first-order chi connectivity index (χ1) is 12.2. The third kappa shape index (κ3) is 2.91. The molecule has 3 aromatic rings. The van der Waals surface area contributed by atoms with Gasteiger partial charge in [-0.15, -0.1) is 0 Å². The van der Waals surface area contributed by atoms with Crippen molar-refractivity contribution in [3.8, 4) is 0 Å². The quantitative estimate of drug-likeness (QED) is 0.641. The molecule has 1 aliphatic rings. The fourth-order valence-corrected chi connectivity index (χ4v) is 3.46. The second-order valence-corrected chi connectivity index (χ2v) is 6.51. The van der Waals surface area contributed by atoms with Gasteiger partial charge in [-0.1, -0.05) is 0 Å². The number of nitrogens with zero attached hydrogens (tertiary/aromatic N) is 9. The van der Waals surface area contributed by atoms with Crippen LogP contribution < -0.4 is 4.90 Å². The highest BCUT2D eigenvalue weighted by Gasteiger charge is 2.21. The molecule has 132 valence electrons. The van der Waals surface area contributed by atoms with Crippen molar-refractivity contribution in [1.82, 2.24) is 39.0 Å². The summed E-state index contributed by atoms with van der Waals surface area (Å²) in [5.74, 6) is 0.963. The van der Waals surface area contributed by atoms with Crippen LogP contribution in [0.3, 0.4) is 0 Å². The van der Waals surface area contributed by atoms with Crippen molar-refractivity contribution < 1.29 is 0 Å². The average molecular weight is 359 g/mol. The lowest BCUT2D eigenvalue weighted by Crippen LogP contribution is -2.47. The average Bonchev–Trinajstić information content (AvgIpc) is 3.19. The Kier molecular flexibility index (Phi) is 4.22. The van der Waals surface area contributed by atoms with Crippen molar-refractivity contribution in [2.75, 3.05) is 31.1 Å². The molecule has 9 nitrogen and oxygen atoms in total. The molecule has 1 aliphatic heterocycles. The first-order valence-electron chi connectivity index (χ1n) is 8.39. The maximum Gasteiger partial charge on any atom is 0.198 e. The monoisotopic (exact) mass is 359 g/mol. The van der Waals surface area contributed by atoms with Gasteiger partial charge in [-0.2, -0.15) is 10.2 Å². The zero-order valence-electron chi connectivity index (χ0n) is 14.4. The second-order valence-electron chi connectivity index (χ2n) is 6.15. The zero-order valence-corrected chi connectivity index (χ0v) is 15.2. The van der Waals surface area contributed by atoms with Gasteiger partial charge in [0.05, 0.1) is 18.3 Å². The molecule has 0 amide bonds. The van der Waals surface area contributed by atoms with Crippen LogP contribution in [0.4, 0.5) is 5.82 Å². The summed E-state index contributed by atoms with van der Waals surface area (Å²) in [5, 5.41) is 9.69. The van der Waals surface area contributed by atoms with E-state index in [1.54, 1.807) is 17.3 Å². The molecule has 1 saturated heterocycles. The van der Waals surface area contributed by atoms with E-state index >= 15 is 0 Å². The normalized spacial score (nSPS) is 16.0. The lowest BCUT2D eigenvalue weighted by molar-refractivity contribution is 0.194. The SMILES string of the molecule is CCn1cnn(CN2CCN(c3ncnc4c3cnn4C)CC2)c1=S. The Morgan fingerprint density at radius 3 is 2.64 bits per heavy atom. The van der Waals surface area contributed by atoms with Crippen LogP contribution in [-0.2, 0) is 20.3 Å². The molecule has 4 heterocycles. The molecule has 25 heavy (non-hydrogen) atoms. The van der Waals surface area contributed by atoms with Gasteiger partial charge in [0.1, 0.15) is 18.5 Å². The first kappa shape index (κ1) is 16.2. The molecule has 1 fully saturated rings. The van der Waals surface area contributed by atoms with Gasteiger partial charge >= 0.3 is 0 Å². The van der Waals surface area contributed by atoms with Gasteiger partial charge in [0.15, 0.2) is 10.4 Å². The molecule has 0 atom stereocenters. The highest BCUT2D eigenvalue weighted by atomic mass is 32.1. The van der Waals surface area contributed by atoms with Crippen molar-refractivity contribution in [3.63, 3.8) is 0 Å². The van der Waals surface area contributed by atoms with E-state index in [4.69, 9.17) is 12.2 Å². The van der Waals surface area contributed by atoms with Crippen LogP contribution in [0.25, 0.3) is 11.0 Å². The lowest BCUT2D eigenvalue weighted by atomic mass is 10.3. The first-order valence-corrected chi connectivity index (χ1v) is 8.80. The number of piperazine rings is 1. The summed E-state index contributed by atoms with van der Waals surface area (Å²) in [6, 6.07) is 0. The Bertz CT molecular complexity index is 932. The molecule has 4 rings (SSSR count). The molecule has 0 aliphatic carbocycles.